The van der Waals surface area contributed by atoms with Gasteiger partial charge < -0.3 is 20.1 Å². The fourth-order valence-electron chi connectivity index (χ4n) is 4.49. The molecule has 8 nitrogen and oxygen atoms in total. The first-order valence-corrected chi connectivity index (χ1v) is 10.6. The predicted molar refractivity (Wildman–Crippen MR) is 116 cm³/mol. The van der Waals surface area contributed by atoms with Gasteiger partial charge in [-0.25, -0.2) is 9.59 Å². The Kier molecular flexibility index (Phi) is 6.76. The van der Waals surface area contributed by atoms with Crippen molar-refractivity contribution in [3.05, 3.63) is 57.8 Å². The molecule has 1 aliphatic heterocycles. The second-order valence-corrected chi connectivity index (χ2v) is 7.88. The highest BCUT2D eigenvalue weighted by atomic mass is 35.5. The van der Waals surface area contributed by atoms with Gasteiger partial charge in [0.15, 0.2) is 0 Å². The van der Waals surface area contributed by atoms with Crippen molar-refractivity contribution in [2.45, 2.75) is 19.8 Å². The number of hydrogen-bond acceptors (Lipinski definition) is 7. The molecule has 2 N–H and O–H groups in total. The van der Waals surface area contributed by atoms with E-state index in [0.29, 0.717) is 16.2 Å². The SMILES string of the molecule is CCOC(=O)N1CC=C2C(C#N)=C(N)C(C#N)(C(=O)OCC)C(c3cccc(Cl)c3)C2C1. The van der Waals surface area contributed by atoms with Gasteiger partial charge in [0, 0.05) is 29.9 Å². The van der Waals surface area contributed by atoms with Gasteiger partial charge in [-0.05, 0) is 37.1 Å². The van der Waals surface area contributed by atoms with Crippen molar-refractivity contribution in [1.29, 1.82) is 10.5 Å². The number of esters is 1. The predicted octanol–water partition coefficient (Wildman–Crippen LogP) is 3.26. The molecular formula is C23H23ClN4O4. The Balaban J connectivity index is 2.30. The molecule has 2 aliphatic rings. The first kappa shape index (κ1) is 23.2. The summed E-state index contributed by atoms with van der Waals surface area (Å²) in [5.41, 5.74) is 5.49. The molecule has 9 heteroatoms. The van der Waals surface area contributed by atoms with E-state index < -0.39 is 29.3 Å². The molecule has 0 bridgehead atoms. The van der Waals surface area contributed by atoms with Gasteiger partial charge in [-0.1, -0.05) is 29.8 Å². The van der Waals surface area contributed by atoms with Crippen molar-refractivity contribution in [2.75, 3.05) is 26.3 Å². The van der Waals surface area contributed by atoms with E-state index in [4.69, 9.17) is 26.8 Å². The minimum atomic E-state index is -1.97. The highest BCUT2D eigenvalue weighted by molar-refractivity contribution is 6.30. The van der Waals surface area contributed by atoms with Crippen molar-refractivity contribution in [3.8, 4) is 12.1 Å². The molecule has 1 aliphatic carbocycles. The summed E-state index contributed by atoms with van der Waals surface area (Å²) in [6.45, 7) is 3.90. The molecule has 0 saturated heterocycles. The van der Waals surface area contributed by atoms with E-state index >= 15 is 0 Å². The zero-order chi connectivity index (χ0) is 23.5. The fourth-order valence-corrected chi connectivity index (χ4v) is 4.69. The Bertz CT molecular complexity index is 1080. The van der Waals surface area contributed by atoms with Crippen molar-refractivity contribution in [2.24, 2.45) is 17.1 Å². The second-order valence-electron chi connectivity index (χ2n) is 7.44. The molecule has 1 aromatic rings. The summed E-state index contributed by atoms with van der Waals surface area (Å²) in [6, 6.07) is 10.9. The number of nitrogens with zero attached hydrogens (tertiary/aromatic N) is 3. The van der Waals surface area contributed by atoms with Crippen molar-refractivity contribution < 1.29 is 19.1 Å². The summed E-state index contributed by atoms with van der Waals surface area (Å²) in [7, 11) is 0. The number of ether oxygens (including phenoxy) is 2. The lowest BCUT2D eigenvalue weighted by Crippen LogP contribution is -2.53. The Hall–Kier alpha value is -3.49. The molecule has 0 aromatic heterocycles. The summed E-state index contributed by atoms with van der Waals surface area (Å²) < 4.78 is 10.4. The summed E-state index contributed by atoms with van der Waals surface area (Å²) in [4.78, 5) is 27.2. The van der Waals surface area contributed by atoms with Crippen LogP contribution in [0, 0.1) is 34.0 Å². The van der Waals surface area contributed by atoms with Gasteiger partial charge in [-0.2, -0.15) is 10.5 Å². The maximum Gasteiger partial charge on any atom is 0.410 e. The molecule has 1 aromatic carbocycles. The van der Waals surface area contributed by atoms with Crippen LogP contribution in [0.3, 0.4) is 0 Å². The third kappa shape index (κ3) is 3.68. The molecule has 3 atom stereocenters. The highest BCUT2D eigenvalue weighted by Gasteiger charge is 2.59. The summed E-state index contributed by atoms with van der Waals surface area (Å²) in [5, 5.41) is 20.6. The number of rotatable bonds is 4. The van der Waals surface area contributed by atoms with Crippen LogP contribution in [0.4, 0.5) is 4.79 Å². The largest absolute Gasteiger partial charge is 0.464 e. The molecule has 3 rings (SSSR count). The molecule has 3 unspecified atom stereocenters. The van der Waals surface area contributed by atoms with E-state index in [2.05, 4.69) is 12.1 Å². The summed E-state index contributed by atoms with van der Waals surface area (Å²) in [6.07, 6.45) is 1.20. The van der Waals surface area contributed by atoms with E-state index in [1.54, 1.807) is 44.2 Å². The van der Waals surface area contributed by atoms with Gasteiger partial charge in [-0.15, -0.1) is 0 Å². The lowest BCUT2D eigenvalue weighted by atomic mass is 9.57. The molecule has 1 heterocycles. The van der Waals surface area contributed by atoms with E-state index in [-0.39, 0.29) is 37.6 Å². The third-order valence-electron chi connectivity index (χ3n) is 5.82. The smallest absolute Gasteiger partial charge is 0.410 e. The van der Waals surface area contributed by atoms with Crippen LogP contribution in [0.25, 0.3) is 0 Å². The molecule has 0 saturated carbocycles. The van der Waals surface area contributed by atoms with E-state index in [1.807, 2.05) is 0 Å². The molecule has 0 spiro atoms. The number of halogens is 1. The van der Waals surface area contributed by atoms with Crippen molar-refractivity contribution >= 4 is 23.7 Å². The minimum Gasteiger partial charge on any atom is -0.464 e. The molecule has 0 fully saturated rings. The molecule has 1 amide bonds. The minimum absolute atomic E-state index is 0.0298. The number of nitriles is 2. The lowest BCUT2D eigenvalue weighted by molar-refractivity contribution is -0.152. The Morgan fingerprint density at radius 2 is 2.00 bits per heavy atom. The van der Waals surface area contributed by atoms with Gasteiger partial charge >= 0.3 is 12.1 Å². The number of nitrogens with two attached hydrogens (primary N) is 1. The van der Waals surface area contributed by atoms with Gasteiger partial charge in [0.05, 0.1) is 30.6 Å². The number of amides is 1. The maximum absolute atomic E-state index is 13.3. The molecular weight excluding hydrogens is 432 g/mol. The number of hydrogen-bond donors (Lipinski definition) is 1. The highest BCUT2D eigenvalue weighted by Crippen LogP contribution is 2.55. The van der Waals surface area contributed by atoms with Gasteiger partial charge in [0.2, 0.25) is 5.41 Å². The van der Waals surface area contributed by atoms with Crippen LogP contribution in [0.1, 0.15) is 25.3 Å². The number of allylic oxidation sites excluding steroid dienone is 1. The van der Waals surface area contributed by atoms with Crippen LogP contribution in [-0.2, 0) is 14.3 Å². The third-order valence-corrected chi connectivity index (χ3v) is 6.05. The van der Waals surface area contributed by atoms with Crippen LogP contribution in [0.5, 0.6) is 0 Å². The topological polar surface area (TPSA) is 129 Å². The first-order valence-electron chi connectivity index (χ1n) is 10.2. The van der Waals surface area contributed by atoms with Gasteiger partial charge in [0.1, 0.15) is 6.07 Å². The lowest BCUT2D eigenvalue weighted by Gasteiger charge is -2.46. The molecule has 0 radical (unpaired) electrons. The van der Waals surface area contributed by atoms with Crippen molar-refractivity contribution in [3.63, 3.8) is 0 Å². The quantitative estimate of drug-likeness (QED) is 0.691. The van der Waals surface area contributed by atoms with Crippen molar-refractivity contribution in [1.82, 2.24) is 4.90 Å². The average Bonchev–Trinajstić information content (AvgIpc) is 2.78. The Labute approximate surface area is 191 Å². The fraction of sp³-hybridized carbons (Fsp3) is 0.391. The normalized spacial score (nSPS) is 24.5. The van der Waals surface area contributed by atoms with Crippen LogP contribution < -0.4 is 5.73 Å². The van der Waals surface area contributed by atoms with Crippen LogP contribution >= 0.6 is 11.6 Å². The first-order chi connectivity index (χ1) is 15.3. The van der Waals surface area contributed by atoms with Crippen LogP contribution in [0.15, 0.2) is 47.2 Å². The van der Waals surface area contributed by atoms with Crippen LogP contribution in [0.2, 0.25) is 5.02 Å². The maximum atomic E-state index is 13.3. The number of benzene rings is 1. The molecule has 166 valence electrons. The molecule has 32 heavy (non-hydrogen) atoms. The Morgan fingerprint density at radius 3 is 2.59 bits per heavy atom. The summed E-state index contributed by atoms with van der Waals surface area (Å²) >= 11 is 6.24. The van der Waals surface area contributed by atoms with Gasteiger partial charge in [0.25, 0.3) is 0 Å². The monoisotopic (exact) mass is 454 g/mol. The number of carbonyl (C=O) groups is 2. The van der Waals surface area contributed by atoms with Crippen LogP contribution in [-0.4, -0.2) is 43.3 Å². The average molecular weight is 455 g/mol. The number of carbonyl (C=O) groups excluding carboxylic acids is 2. The standard InChI is InChI=1S/C23H23ClN4O4/c1-3-31-21(29)23(13-26)19(14-6-5-7-15(24)10-14)18-12-28(22(30)32-4-2)9-8-16(18)17(11-25)20(23)27/h5-8,10,18-19H,3-4,9,12,27H2,1-2H3. The zero-order valence-corrected chi connectivity index (χ0v) is 18.6. The number of fused-ring (bicyclic) bond motifs is 1. The van der Waals surface area contributed by atoms with E-state index in [1.165, 1.54) is 4.90 Å². The Morgan fingerprint density at radius 1 is 1.28 bits per heavy atom. The van der Waals surface area contributed by atoms with E-state index in [0.717, 1.165) is 0 Å². The van der Waals surface area contributed by atoms with E-state index in [9.17, 15) is 20.1 Å². The second kappa shape index (κ2) is 9.33. The zero-order valence-electron chi connectivity index (χ0n) is 17.8. The summed E-state index contributed by atoms with van der Waals surface area (Å²) in [5.74, 6) is -2.27. The van der Waals surface area contributed by atoms with Gasteiger partial charge in [-0.3, -0.25) is 0 Å².